The van der Waals surface area contributed by atoms with E-state index in [4.69, 9.17) is 4.74 Å². The van der Waals surface area contributed by atoms with E-state index >= 15 is 0 Å². The number of amides is 4. The molecule has 1 N–H and O–H groups in total. The maximum Gasteiger partial charge on any atom is 0.335 e. The van der Waals surface area contributed by atoms with Crippen LogP contribution in [0.2, 0.25) is 0 Å². The fourth-order valence-electron chi connectivity index (χ4n) is 5.49. The van der Waals surface area contributed by atoms with Crippen molar-refractivity contribution in [2.75, 3.05) is 23.5 Å². The van der Waals surface area contributed by atoms with Gasteiger partial charge >= 0.3 is 6.03 Å². The number of nitrogens with one attached hydrogen (secondary N) is 1. The molecule has 3 aliphatic heterocycles. The molecule has 0 radical (unpaired) electrons. The number of carbonyl (C=O) groups excluding carboxylic acids is 3. The number of benzene rings is 2. The van der Waals surface area contributed by atoms with Crippen LogP contribution in [0.3, 0.4) is 0 Å². The quantitative estimate of drug-likeness (QED) is 0.421. The second-order valence-corrected chi connectivity index (χ2v) is 9.15. The summed E-state index contributed by atoms with van der Waals surface area (Å²) in [5, 5.41) is 13.8. The molecule has 10 nitrogen and oxygen atoms in total. The SMILES string of the molecule is COc1ccc(N2C(=O)NC(=O)C3(Cc4cc([N+](=O)[O-])ccc4N4CCC(C)CC43)C2=O)cc1. The lowest BCUT2D eigenvalue weighted by Crippen LogP contribution is -2.73. The van der Waals surface area contributed by atoms with Gasteiger partial charge in [-0.1, -0.05) is 6.92 Å². The molecule has 0 aromatic heterocycles. The number of hydrogen-bond donors (Lipinski definition) is 1. The number of imide groups is 2. The van der Waals surface area contributed by atoms with Gasteiger partial charge in [0.1, 0.15) is 5.75 Å². The van der Waals surface area contributed by atoms with Crippen LogP contribution in [0.15, 0.2) is 42.5 Å². The van der Waals surface area contributed by atoms with E-state index in [-0.39, 0.29) is 18.0 Å². The first-order valence-corrected chi connectivity index (χ1v) is 11.1. The molecule has 3 aliphatic rings. The van der Waals surface area contributed by atoms with Crippen LogP contribution in [0.1, 0.15) is 25.3 Å². The van der Waals surface area contributed by atoms with Gasteiger partial charge in [-0.25, -0.2) is 9.69 Å². The number of carbonyl (C=O) groups is 3. The van der Waals surface area contributed by atoms with Gasteiger partial charge in [-0.15, -0.1) is 0 Å². The van der Waals surface area contributed by atoms with E-state index in [1.54, 1.807) is 30.3 Å². The third-order valence-electron chi connectivity index (χ3n) is 7.23. The van der Waals surface area contributed by atoms with Crippen molar-refractivity contribution in [2.45, 2.75) is 32.2 Å². The first-order chi connectivity index (χ1) is 16.3. The molecule has 3 heterocycles. The highest BCUT2D eigenvalue weighted by atomic mass is 16.6. The molecule has 0 bridgehead atoms. The van der Waals surface area contributed by atoms with Gasteiger partial charge in [0.15, 0.2) is 5.41 Å². The molecule has 2 fully saturated rings. The van der Waals surface area contributed by atoms with Crippen molar-refractivity contribution in [1.82, 2.24) is 5.32 Å². The minimum atomic E-state index is -1.59. The summed E-state index contributed by atoms with van der Waals surface area (Å²) in [5.41, 5.74) is -0.0425. The van der Waals surface area contributed by atoms with E-state index in [1.165, 1.54) is 19.2 Å². The van der Waals surface area contributed by atoms with Gasteiger partial charge in [-0.3, -0.25) is 25.0 Å². The molecule has 3 atom stereocenters. The number of non-ortho nitro benzene ring substituents is 1. The average molecular weight is 464 g/mol. The molecule has 4 amide bonds. The second-order valence-electron chi connectivity index (χ2n) is 9.15. The Balaban J connectivity index is 1.66. The molecule has 1 spiro atoms. The Bertz CT molecular complexity index is 1210. The van der Waals surface area contributed by atoms with Crippen LogP contribution in [0, 0.1) is 21.4 Å². The number of barbiturate groups is 1. The number of anilines is 2. The number of nitrogens with zero attached hydrogens (tertiary/aromatic N) is 3. The van der Waals surface area contributed by atoms with Gasteiger partial charge in [-0.05, 0) is 54.7 Å². The lowest BCUT2D eigenvalue weighted by molar-refractivity contribution is -0.384. The Morgan fingerprint density at radius 3 is 2.56 bits per heavy atom. The number of nitro groups is 1. The van der Waals surface area contributed by atoms with Crippen molar-refractivity contribution in [2.24, 2.45) is 11.3 Å². The summed E-state index contributed by atoms with van der Waals surface area (Å²) >= 11 is 0. The zero-order valence-electron chi connectivity index (χ0n) is 18.8. The predicted molar refractivity (Wildman–Crippen MR) is 123 cm³/mol. The van der Waals surface area contributed by atoms with Crippen LogP contribution in [0.25, 0.3) is 0 Å². The Labute approximate surface area is 195 Å². The summed E-state index contributed by atoms with van der Waals surface area (Å²) in [7, 11) is 1.51. The lowest BCUT2D eigenvalue weighted by Gasteiger charge is -2.54. The first kappa shape index (κ1) is 21.9. The maximum absolute atomic E-state index is 14.1. The van der Waals surface area contributed by atoms with E-state index < -0.39 is 34.2 Å². The van der Waals surface area contributed by atoms with E-state index in [0.29, 0.717) is 30.0 Å². The number of nitro benzene ring substituents is 1. The summed E-state index contributed by atoms with van der Waals surface area (Å²) < 4.78 is 5.17. The monoisotopic (exact) mass is 464 g/mol. The molecule has 2 saturated heterocycles. The normalized spacial score (nSPS) is 26.1. The number of urea groups is 1. The minimum Gasteiger partial charge on any atom is -0.497 e. The fraction of sp³-hybridized carbons (Fsp3) is 0.375. The molecule has 34 heavy (non-hydrogen) atoms. The van der Waals surface area contributed by atoms with Gasteiger partial charge in [0.2, 0.25) is 5.91 Å². The Hall–Kier alpha value is -3.95. The zero-order chi connectivity index (χ0) is 24.2. The highest BCUT2D eigenvalue weighted by molar-refractivity contribution is 6.30. The van der Waals surface area contributed by atoms with Crippen LogP contribution in [0.4, 0.5) is 21.9 Å². The molecule has 0 aliphatic carbocycles. The predicted octanol–water partition coefficient (Wildman–Crippen LogP) is 3.03. The van der Waals surface area contributed by atoms with Crippen LogP contribution in [0.5, 0.6) is 5.75 Å². The van der Waals surface area contributed by atoms with Crippen molar-refractivity contribution in [3.63, 3.8) is 0 Å². The van der Waals surface area contributed by atoms with Gasteiger partial charge < -0.3 is 9.64 Å². The number of rotatable bonds is 3. The standard InChI is InChI=1S/C24H24N4O6/c1-14-9-10-26-19-8-5-17(28(32)33)12-15(19)13-24(20(26)11-14)21(29)25-23(31)27(22(24)30)16-3-6-18(34-2)7-4-16/h3-8,12,14,20H,9-11,13H2,1-2H3,(H,25,29,31). The van der Waals surface area contributed by atoms with Crippen molar-refractivity contribution in [3.05, 3.63) is 58.1 Å². The second kappa shape index (κ2) is 7.82. The summed E-state index contributed by atoms with van der Waals surface area (Å²) in [6.45, 7) is 2.68. The van der Waals surface area contributed by atoms with Crippen LogP contribution < -0.4 is 19.9 Å². The molecule has 10 heteroatoms. The van der Waals surface area contributed by atoms with Gasteiger partial charge in [-0.2, -0.15) is 0 Å². The topological polar surface area (TPSA) is 122 Å². The van der Waals surface area contributed by atoms with Crippen LogP contribution in [-0.2, 0) is 16.0 Å². The van der Waals surface area contributed by atoms with Crippen molar-refractivity contribution in [1.29, 1.82) is 0 Å². The van der Waals surface area contributed by atoms with Crippen molar-refractivity contribution in [3.8, 4) is 5.75 Å². The van der Waals surface area contributed by atoms with Crippen molar-refractivity contribution < 1.29 is 24.0 Å². The number of methoxy groups -OCH3 is 1. The fourth-order valence-corrected chi connectivity index (χ4v) is 5.49. The van der Waals surface area contributed by atoms with Gasteiger partial charge in [0.05, 0.1) is 23.8 Å². The molecular weight excluding hydrogens is 440 g/mol. The number of ether oxygens (including phenoxy) is 1. The highest BCUT2D eigenvalue weighted by Gasteiger charge is 2.63. The first-order valence-electron chi connectivity index (χ1n) is 11.1. The maximum atomic E-state index is 14.1. The van der Waals surface area contributed by atoms with Crippen LogP contribution in [-0.4, -0.2) is 42.5 Å². The third kappa shape index (κ3) is 3.12. The van der Waals surface area contributed by atoms with E-state index in [0.717, 1.165) is 17.0 Å². The Morgan fingerprint density at radius 2 is 1.88 bits per heavy atom. The average Bonchev–Trinajstić information content (AvgIpc) is 2.82. The molecule has 2 aromatic carbocycles. The summed E-state index contributed by atoms with van der Waals surface area (Å²) in [4.78, 5) is 54.4. The highest BCUT2D eigenvalue weighted by Crippen LogP contribution is 2.49. The summed E-state index contributed by atoms with van der Waals surface area (Å²) in [6, 6.07) is 9.72. The molecule has 176 valence electrons. The smallest absolute Gasteiger partial charge is 0.335 e. The number of fused-ring (bicyclic) bond motifs is 4. The minimum absolute atomic E-state index is 0.0253. The Morgan fingerprint density at radius 1 is 1.15 bits per heavy atom. The molecular formula is C24H24N4O6. The molecule has 0 saturated carbocycles. The molecule has 2 aromatic rings. The summed E-state index contributed by atoms with van der Waals surface area (Å²) in [6.07, 6.45) is 1.42. The van der Waals surface area contributed by atoms with Gasteiger partial charge in [0, 0.05) is 30.8 Å². The summed E-state index contributed by atoms with van der Waals surface area (Å²) in [5.74, 6) is -0.447. The number of hydrogen-bond acceptors (Lipinski definition) is 7. The Kier molecular flexibility index (Phi) is 5.03. The third-order valence-corrected chi connectivity index (χ3v) is 7.23. The number of piperidine rings is 1. The van der Waals surface area contributed by atoms with Gasteiger partial charge in [0.25, 0.3) is 11.6 Å². The van der Waals surface area contributed by atoms with Crippen LogP contribution >= 0.6 is 0 Å². The van der Waals surface area contributed by atoms with E-state index in [9.17, 15) is 24.5 Å². The van der Waals surface area contributed by atoms with E-state index in [1.807, 2.05) is 4.90 Å². The molecule has 3 unspecified atom stereocenters. The lowest BCUT2D eigenvalue weighted by atomic mass is 9.64. The zero-order valence-corrected chi connectivity index (χ0v) is 18.8. The van der Waals surface area contributed by atoms with E-state index in [2.05, 4.69) is 12.2 Å². The largest absolute Gasteiger partial charge is 0.497 e. The molecule has 5 rings (SSSR count). The van der Waals surface area contributed by atoms with Crippen molar-refractivity contribution >= 4 is 34.9 Å².